The molecule has 0 aromatic heterocycles. The first kappa shape index (κ1) is 14.0. The second kappa shape index (κ2) is 5.51. The second-order valence-electron chi connectivity index (χ2n) is 4.35. The van der Waals surface area contributed by atoms with Gasteiger partial charge >= 0.3 is 0 Å². The molecular formula is C12H18O4S. The van der Waals surface area contributed by atoms with Crippen LogP contribution in [0.1, 0.15) is 25.5 Å². The minimum Gasteiger partial charge on any atom is -0.491 e. The summed E-state index contributed by atoms with van der Waals surface area (Å²) >= 11 is 0. The number of aliphatic hydroxyl groups is 1. The van der Waals surface area contributed by atoms with E-state index in [1.807, 2.05) is 13.8 Å². The molecule has 0 saturated carbocycles. The number of hydrogen-bond acceptors (Lipinski definition) is 4. The highest BCUT2D eigenvalue weighted by Crippen LogP contribution is 2.21. The predicted octanol–water partition coefficient (Wildman–Crippen LogP) is 1.55. The first-order chi connectivity index (χ1) is 7.78. The number of hydrogen-bond donors (Lipinski definition) is 1. The van der Waals surface area contributed by atoms with Crippen molar-refractivity contribution in [2.45, 2.75) is 26.1 Å². The molecule has 0 fully saturated rings. The molecule has 1 unspecified atom stereocenters. The monoisotopic (exact) mass is 258 g/mol. The smallest absolute Gasteiger partial charge is 0.150 e. The summed E-state index contributed by atoms with van der Waals surface area (Å²) in [7, 11) is -3.20. The van der Waals surface area contributed by atoms with Crippen LogP contribution in [-0.2, 0) is 9.84 Å². The van der Waals surface area contributed by atoms with Gasteiger partial charge in [-0.2, -0.15) is 0 Å². The molecule has 5 heteroatoms. The maximum Gasteiger partial charge on any atom is 0.150 e. The summed E-state index contributed by atoms with van der Waals surface area (Å²) in [5.74, 6) is 0.350. The molecule has 1 aromatic rings. The summed E-state index contributed by atoms with van der Waals surface area (Å²) in [5, 5.41) is 9.78. The van der Waals surface area contributed by atoms with Crippen molar-refractivity contribution in [3.8, 4) is 5.75 Å². The van der Waals surface area contributed by atoms with E-state index in [1.165, 1.54) is 0 Å². The van der Waals surface area contributed by atoms with E-state index in [4.69, 9.17) is 4.74 Å². The van der Waals surface area contributed by atoms with Gasteiger partial charge in [-0.25, -0.2) is 8.42 Å². The van der Waals surface area contributed by atoms with E-state index in [1.54, 1.807) is 24.3 Å². The fraction of sp³-hybridized carbons (Fsp3) is 0.500. The highest BCUT2D eigenvalue weighted by molar-refractivity contribution is 7.90. The van der Waals surface area contributed by atoms with Crippen LogP contribution in [0.15, 0.2) is 24.3 Å². The van der Waals surface area contributed by atoms with Crippen molar-refractivity contribution in [2.24, 2.45) is 0 Å². The normalized spacial score (nSPS) is 13.7. The van der Waals surface area contributed by atoms with Crippen LogP contribution in [0, 0.1) is 0 Å². The first-order valence-electron chi connectivity index (χ1n) is 5.40. The Kier molecular flexibility index (Phi) is 4.54. The lowest BCUT2D eigenvalue weighted by molar-refractivity contribution is 0.199. The molecule has 1 aromatic carbocycles. The topological polar surface area (TPSA) is 63.6 Å². The standard InChI is InChI=1S/C12H18O4S/c1-9(2)16-11-6-4-5-10(7-11)12(13)8-17(3,14)15/h4-7,9,12-13H,8H2,1-3H3. The zero-order valence-electron chi connectivity index (χ0n) is 10.3. The molecule has 0 bridgehead atoms. The molecule has 0 saturated heterocycles. The maximum atomic E-state index is 11.1. The van der Waals surface area contributed by atoms with E-state index >= 15 is 0 Å². The van der Waals surface area contributed by atoms with Gasteiger partial charge in [0.25, 0.3) is 0 Å². The van der Waals surface area contributed by atoms with Gasteiger partial charge in [0.1, 0.15) is 15.6 Å². The van der Waals surface area contributed by atoms with E-state index in [0.29, 0.717) is 11.3 Å². The van der Waals surface area contributed by atoms with Gasteiger partial charge in [-0.05, 0) is 31.5 Å². The molecule has 1 N–H and O–H groups in total. The summed E-state index contributed by atoms with van der Waals surface area (Å²) in [5.41, 5.74) is 0.550. The van der Waals surface area contributed by atoms with Crippen molar-refractivity contribution in [3.05, 3.63) is 29.8 Å². The van der Waals surface area contributed by atoms with Crippen molar-refractivity contribution >= 4 is 9.84 Å². The molecule has 0 spiro atoms. The highest BCUT2D eigenvalue weighted by Gasteiger charge is 2.15. The van der Waals surface area contributed by atoms with Crippen molar-refractivity contribution in [1.29, 1.82) is 0 Å². The molecule has 0 radical (unpaired) electrons. The largest absolute Gasteiger partial charge is 0.491 e. The van der Waals surface area contributed by atoms with Gasteiger partial charge in [0.05, 0.1) is 18.0 Å². The SMILES string of the molecule is CC(C)Oc1cccc(C(O)CS(C)(=O)=O)c1. The van der Waals surface area contributed by atoms with Crippen molar-refractivity contribution in [3.63, 3.8) is 0 Å². The average molecular weight is 258 g/mol. The molecule has 1 atom stereocenters. The predicted molar refractivity (Wildman–Crippen MR) is 66.9 cm³/mol. The fourth-order valence-corrected chi connectivity index (χ4v) is 2.22. The zero-order chi connectivity index (χ0) is 13.1. The highest BCUT2D eigenvalue weighted by atomic mass is 32.2. The summed E-state index contributed by atoms with van der Waals surface area (Å²) in [6.45, 7) is 3.80. The van der Waals surface area contributed by atoms with E-state index in [0.717, 1.165) is 6.26 Å². The molecule has 0 amide bonds. The number of benzene rings is 1. The van der Waals surface area contributed by atoms with Crippen LogP contribution in [0.3, 0.4) is 0 Å². The summed E-state index contributed by atoms with van der Waals surface area (Å²) in [4.78, 5) is 0. The summed E-state index contributed by atoms with van der Waals surface area (Å²) in [6.07, 6.45) is 0.128. The quantitative estimate of drug-likeness (QED) is 0.870. The Morgan fingerprint density at radius 1 is 1.35 bits per heavy atom. The Labute approximate surface area is 102 Å². The van der Waals surface area contributed by atoms with E-state index in [-0.39, 0.29) is 11.9 Å². The van der Waals surface area contributed by atoms with Crippen LogP contribution in [-0.4, -0.2) is 31.6 Å². The Morgan fingerprint density at radius 2 is 2.00 bits per heavy atom. The van der Waals surface area contributed by atoms with Gasteiger partial charge in [0, 0.05) is 6.26 Å². The van der Waals surface area contributed by atoms with E-state index < -0.39 is 15.9 Å². The third kappa shape index (κ3) is 5.19. The number of ether oxygens (including phenoxy) is 1. The van der Waals surface area contributed by atoms with Crippen LogP contribution in [0.4, 0.5) is 0 Å². The van der Waals surface area contributed by atoms with Gasteiger partial charge in [-0.1, -0.05) is 12.1 Å². The summed E-state index contributed by atoms with van der Waals surface area (Å²) in [6, 6.07) is 6.86. The second-order valence-corrected chi connectivity index (χ2v) is 6.53. The van der Waals surface area contributed by atoms with Crippen LogP contribution in [0.25, 0.3) is 0 Å². The van der Waals surface area contributed by atoms with Gasteiger partial charge in [0.15, 0.2) is 0 Å². The molecule has 1 rings (SSSR count). The van der Waals surface area contributed by atoms with Crippen LogP contribution < -0.4 is 4.74 Å². The number of sulfone groups is 1. The van der Waals surface area contributed by atoms with Gasteiger partial charge in [0.2, 0.25) is 0 Å². The lowest BCUT2D eigenvalue weighted by atomic mass is 10.1. The zero-order valence-corrected chi connectivity index (χ0v) is 11.1. The molecule has 0 aliphatic rings. The van der Waals surface area contributed by atoms with Crippen molar-refractivity contribution < 1.29 is 18.3 Å². The maximum absolute atomic E-state index is 11.1. The third-order valence-electron chi connectivity index (χ3n) is 2.08. The molecule has 17 heavy (non-hydrogen) atoms. The Hall–Kier alpha value is -1.07. The van der Waals surface area contributed by atoms with Crippen LogP contribution in [0.2, 0.25) is 0 Å². The molecule has 4 nitrogen and oxygen atoms in total. The lowest BCUT2D eigenvalue weighted by Gasteiger charge is -2.13. The lowest BCUT2D eigenvalue weighted by Crippen LogP contribution is -2.13. The molecule has 0 heterocycles. The van der Waals surface area contributed by atoms with Crippen LogP contribution in [0.5, 0.6) is 5.75 Å². The minimum absolute atomic E-state index is 0.0392. The van der Waals surface area contributed by atoms with Gasteiger partial charge < -0.3 is 9.84 Å². The average Bonchev–Trinajstić information content (AvgIpc) is 2.14. The summed E-state index contributed by atoms with van der Waals surface area (Å²) < 4.78 is 27.6. The van der Waals surface area contributed by atoms with Crippen LogP contribution >= 0.6 is 0 Å². The minimum atomic E-state index is -3.20. The van der Waals surface area contributed by atoms with Gasteiger partial charge in [-0.15, -0.1) is 0 Å². The fourth-order valence-electron chi connectivity index (χ4n) is 1.45. The first-order valence-corrected chi connectivity index (χ1v) is 7.46. The Bertz CT molecular complexity index is 465. The molecule has 96 valence electrons. The Morgan fingerprint density at radius 3 is 2.53 bits per heavy atom. The van der Waals surface area contributed by atoms with Crippen molar-refractivity contribution in [1.82, 2.24) is 0 Å². The molecule has 0 aliphatic carbocycles. The number of rotatable bonds is 5. The molecular weight excluding hydrogens is 240 g/mol. The van der Waals surface area contributed by atoms with E-state index in [9.17, 15) is 13.5 Å². The van der Waals surface area contributed by atoms with E-state index in [2.05, 4.69) is 0 Å². The van der Waals surface area contributed by atoms with Gasteiger partial charge in [-0.3, -0.25) is 0 Å². The Balaban J connectivity index is 2.84. The molecule has 0 aliphatic heterocycles. The van der Waals surface area contributed by atoms with Crippen molar-refractivity contribution in [2.75, 3.05) is 12.0 Å². The number of aliphatic hydroxyl groups excluding tert-OH is 1. The third-order valence-corrected chi connectivity index (χ3v) is 3.00.